The standard InChI is InChI=1S/C11H22N2/c1-4-10(13-12)9-7-5-6-8-11(9,2)3/h4,9-10,13H,1,5-8,12H2,2-3H3. The summed E-state index contributed by atoms with van der Waals surface area (Å²) < 4.78 is 0. The molecule has 1 fully saturated rings. The molecule has 3 N–H and O–H groups in total. The van der Waals surface area contributed by atoms with Crippen molar-refractivity contribution < 1.29 is 0 Å². The predicted molar refractivity (Wildman–Crippen MR) is 57.0 cm³/mol. The van der Waals surface area contributed by atoms with Crippen LogP contribution < -0.4 is 11.3 Å². The predicted octanol–water partition coefficient (Wildman–Crippen LogP) is 2.22. The van der Waals surface area contributed by atoms with Gasteiger partial charge in [0.05, 0.1) is 0 Å². The second-order valence-corrected chi connectivity index (χ2v) is 4.77. The highest BCUT2D eigenvalue weighted by molar-refractivity contribution is 4.97. The lowest BCUT2D eigenvalue weighted by molar-refractivity contribution is 0.114. The van der Waals surface area contributed by atoms with Crippen molar-refractivity contribution in [2.75, 3.05) is 0 Å². The quantitative estimate of drug-likeness (QED) is 0.399. The Bertz CT molecular complexity index is 175. The van der Waals surface area contributed by atoms with Crippen molar-refractivity contribution >= 4 is 0 Å². The third-order valence-corrected chi connectivity index (χ3v) is 3.47. The van der Waals surface area contributed by atoms with Crippen LogP contribution in [0.25, 0.3) is 0 Å². The van der Waals surface area contributed by atoms with Crippen LogP contribution in [0.15, 0.2) is 12.7 Å². The van der Waals surface area contributed by atoms with Crippen molar-refractivity contribution in [3.05, 3.63) is 12.7 Å². The summed E-state index contributed by atoms with van der Waals surface area (Å²) in [6, 6.07) is 0.273. The van der Waals surface area contributed by atoms with E-state index in [4.69, 9.17) is 5.84 Å². The highest BCUT2D eigenvalue weighted by Gasteiger charge is 2.35. The smallest absolute Gasteiger partial charge is 0.0421 e. The Balaban J connectivity index is 2.68. The van der Waals surface area contributed by atoms with E-state index >= 15 is 0 Å². The fourth-order valence-electron chi connectivity index (χ4n) is 2.54. The average Bonchev–Trinajstić information content (AvgIpc) is 2.09. The molecule has 0 aromatic carbocycles. The van der Waals surface area contributed by atoms with E-state index in [9.17, 15) is 0 Å². The molecule has 0 saturated heterocycles. The van der Waals surface area contributed by atoms with E-state index in [1.165, 1.54) is 25.7 Å². The van der Waals surface area contributed by atoms with Crippen molar-refractivity contribution in [3.63, 3.8) is 0 Å². The number of rotatable bonds is 3. The molecule has 76 valence electrons. The summed E-state index contributed by atoms with van der Waals surface area (Å²) >= 11 is 0. The van der Waals surface area contributed by atoms with E-state index in [1.807, 2.05) is 6.08 Å². The minimum absolute atomic E-state index is 0.273. The molecule has 1 aliphatic carbocycles. The molecule has 0 aromatic rings. The maximum absolute atomic E-state index is 5.51. The molecule has 0 radical (unpaired) electrons. The zero-order valence-corrected chi connectivity index (χ0v) is 8.84. The first-order valence-electron chi connectivity index (χ1n) is 5.20. The summed E-state index contributed by atoms with van der Waals surface area (Å²) in [5.41, 5.74) is 3.27. The number of hydrogen-bond donors (Lipinski definition) is 2. The highest BCUT2D eigenvalue weighted by atomic mass is 15.2. The van der Waals surface area contributed by atoms with Crippen LogP contribution in [0.4, 0.5) is 0 Å². The minimum atomic E-state index is 0.273. The van der Waals surface area contributed by atoms with Crippen molar-refractivity contribution in [2.24, 2.45) is 17.2 Å². The van der Waals surface area contributed by atoms with Crippen molar-refractivity contribution in [2.45, 2.75) is 45.6 Å². The molecular formula is C11H22N2. The number of hydrazine groups is 1. The van der Waals surface area contributed by atoms with E-state index < -0.39 is 0 Å². The SMILES string of the molecule is C=CC(NN)C1CCCCC1(C)C. The Morgan fingerprint density at radius 3 is 2.69 bits per heavy atom. The van der Waals surface area contributed by atoms with Gasteiger partial charge in [0.25, 0.3) is 0 Å². The summed E-state index contributed by atoms with van der Waals surface area (Å²) in [4.78, 5) is 0. The van der Waals surface area contributed by atoms with Gasteiger partial charge < -0.3 is 0 Å². The molecule has 1 aliphatic rings. The Morgan fingerprint density at radius 1 is 1.54 bits per heavy atom. The lowest BCUT2D eigenvalue weighted by atomic mass is 9.66. The third-order valence-electron chi connectivity index (χ3n) is 3.47. The molecule has 2 unspecified atom stereocenters. The van der Waals surface area contributed by atoms with Crippen molar-refractivity contribution in [1.29, 1.82) is 0 Å². The van der Waals surface area contributed by atoms with Crippen LogP contribution in [-0.2, 0) is 0 Å². The minimum Gasteiger partial charge on any atom is -0.271 e. The van der Waals surface area contributed by atoms with Gasteiger partial charge in [-0.2, -0.15) is 0 Å². The van der Waals surface area contributed by atoms with Crippen molar-refractivity contribution in [1.82, 2.24) is 5.43 Å². The van der Waals surface area contributed by atoms with Gasteiger partial charge in [-0.05, 0) is 24.2 Å². The molecule has 0 aliphatic heterocycles. The molecule has 0 heterocycles. The number of hydrogen-bond acceptors (Lipinski definition) is 2. The summed E-state index contributed by atoms with van der Waals surface area (Å²) in [6.07, 6.45) is 7.22. The lowest BCUT2D eigenvalue weighted by Gasteiger charge is -2.42. The van der Waals surface area contributed by atoms with E-state index in [0.717, 1.165) is 0 Å². The Kier molecular flexibility index (Phi) is 3.51. The largest absolute Gasteiger partial charge is 0.271 e. The van der Waals surface area contributed by atoms with E-state index in [-0.39, 0.29) is 6.04 Å². The van der Waals surface area contributed by atoms with E-state index in [1.54, 1.807) is 0 Å². The molecule has 13 heavy (non-hydrogen) atoms. The maximum Gasteiger partial charge on any atom is 0.0421 e. The van der Waals surface area contributed by atoms with E-state index in [2.05, 4.69) is 25.9 Å². The van der Waals surface area contributed by atoms with Crippen LogP contribution in [-0.4, -0.2) is 6.04 Å². The van der Waals surface area contributed by atoms with Crippen LogP contribution in [0.2, 0.25) is 0 Å². The third kappa shape index (κ3) is 2.32. The molecular weight excluding hydrogens is 160 g/mol. The lowest BCUT2D eigenvalue weighted by Crippen LogP contribution is -2.46. The second kappa shape index (κ2) is 4.25. The van der Waals surface area contributed by atoms with Gasteiger partial charge in [0.15, 0.2) is 0 Å². The molecule has 2 atom stereocenters. The molecule has 0 amide bonds. The fraction of sp³-hybridized carbons (Fsp3) is 0.818. The molecule has 2 heteroatoms. The van der Waals surface area contributed by atoms with Gasteiger partial charge in [-0.15, -0.1) is 6.58 Å². The van der Waals surface area contributed by atoms with Gasteiger partial charge >= 0.3 is 0 Å². The molecule has 1 saturated carbocycles. The number of nitrogens with two attached hydrogens (primary N) is 1. The fourth-order valence-corrected chi connectivity index (χ4v) is 2.54. The Morgan fingerprint density at radius 2 is 2.23 bits per heavy atom. The first kappa shape index (κ1) is 10.7. The van der Waals surface area contributed by atoms with Gasteiger partial charge in [-0.1, -0.05) is 32.8 Å². The first-order valence-corrected chi connectivity index (χ1v) is 5.20. The Hall–Kier alpha value is -0.340. The highest BCUT2D eigenvalue weighted by Crippen LogP contribution is 2.42. The first-order chi connectivity index (χ1) is 6.11. The summed E-state index contributed by atoms with van der Waals surface area (Å²) in [5, 5.41) is 0. The average molecular weight is 182 g/mol. The van der Waals surface area contributed by atoms with Crippen LogP contribution in [0.3, 0.4) is 0 Å². The molecule has 0 aromatic heterocycles. The summed E-state index contributed by atoms with van der Waals surface area (Å²) in [5.74, 6) is 6.16. The Labute approximate surface area is 81.6 Å². The van der Waals surface area contributed by atoms with E-state index in [0.29, 0.717) is 11.3 Å². The molecule has 0 spiro atoms. The van der Waals surface area contributed by atoms with Gasteiger partial charge in [-0.3, -0.25) is 11.3 Å². The topological polar surface area (TPSA) is 38.0 Å². The van der Waals surface area contributed by atoms with Crippen LogP contribution in [0, 0.1) is 11.3 Å². The van der Waals surface area contributed by atoms with Crippen LogP contribution in [0.1, 0.15) is 39.5 Å². The second-order valence-electron chi connectivity index (χ2n) is 4.77. The summed E-state index contributed by atoms with van der Waals surface area (Å²) in [6.45, 7) is 8.51. The zero-order chi connectivity index (χ0) is 9.90. The molecule has 2 nitrogen and oxygen atoms in total. The number of nitrogens with one attached hydrogen (secondary N) is 1. The summed E-state index contributed by atoms with van der Waals surface area (Å²) in [7, 11) is 0. The van der Waals surface area contributed by atoms with Gasteiger partial charge in [0, 0.05) is 6.04 Å². The van der Waals surface area contributed by atoms with Gasteiger partial charge in [0.1, 0.15) is 0 Å². The maximum atomic E-state index is 5.51. The molecule has 1 rings (SSSR count). The van der Waals surface area contributed by atoms with Crippen LogP contribution in [0.5, 0.6) is 0 Å². The normalized spacial score (nSPS) is 29.6. The monoisotopic (exact) mass is 182 g/mol. The zero-order valence-electron chi connectivity index (χ0n) is 8.84. The van der Waals surface area contributed by atoms with Gasteiger partial charge in [0.2, 0.25) is 0 Å². The molecule has 0 bridgehead atoms. The van der Waals surface area contributed by atoms with Gasteiger partial charge in [-0.25, -0.2) is 0 Å². The van der Waals surface area contributed by atoms with Crippen LogP contribution >= 0.6 is 0 Å². The van der Waals surface area contributed by atoms with Crippen molar-refractivity contribution in [3.8, 4) is 0 Å².